The average molecular weight is 389 g/mol. The van der Waals surface area contributed by atoms with Crippen LogP contribution in [-0.2, 0) is 17.6 Å². The number of likely N-dealkylation sites (tertiary alicyclic amines) is 1. The van der Waals surface area contributed by atoms with E-state index in [4.69, 9.17) is 16.0 Å². The second-order valence-corrected chi connectivity index (χ2v) is 7.24. The quantitative estimate of drug-likeness (QED) is 0.817. The van der Waals surface area contributed by atoms with Crippen LogP contribution in [0.5, 0.6) is 0 Å². The first-order valence-electron chi connectivity index (χ1n) is 9.47. The summed E-state index contributed by atoms with van der Waals surface area (Å²) in [6.07, 6.45) is 5.85. The zero-order valence-electron chi connectivity index (χ0n) is 15.8. The Bertz CT molecular complexity index is 809. The number of amides is 2. The van der Waals surface area contributed by atoms with Crippen LogP contribution in [0.15, 0.2) is 35.1 Å². The van der Waals surface area contributed by atoms with Crippen molar-refractivity contribution in [3.63, 3.8) is 0 Å². The van der Waals surface area contributed by atoms with Gasteiger partial charge in [-0.05, 0) is 48.9 Å². The Kier molecular flexibility index (Phi) is 6.22. The van der Waals surface area contributed by atoms with Crippen LogP contribution in [0, 0.1) is 5.92 Å². The van der Waals surface area contributed by atoms with Gasteiger partial charge in [0.25, 0.3) is 5.91 Å². The van der Waals surface area contributed by atoms with Crippen LogP contribution in [0.3, 0.4) is 0 Å². The molecule has 6 heteroatoms. The van der Waals surface area contributed by atoms with Gasteiger partial charge in [0.05, 0.1) is 11.8 Å². The Morgan fingerprint density at radius 3 is 2.52 bits per heavy atom. The molecule has 2 heterocycles. The summed E-state index contributed by atoms with van der Waals surface area (Å²) in [6, 6.07) is 5.54. The number of aryl methyl sites for hydroxylation is 1. The topological polar surface area (TPSA) is 62.6 Å². The third-order valence-electron chi connectivity index (χ3n) is 5.25. The molecule has 1 aromatic carbocycles. The molecular weight excluding hydrogens is 364 g/mol. The van der Waals surface area contributed by atoms with Crippen LogP contribution in [-0.4, -0.2) is 29.8 Å². The van der Waals surface area contributed by atoms with Crippen molar-refractivity contribution >= 4 is 29.1 Å². The molecule has 27 heavy (non-hydrogen) atoms. The van der Waals surface area contributed by atoms with Gasteiger partial charge >= 0.3 is 0 Å². The minimum absolute atomic E-state index is 0.0112. The van der Waals surface area contributed by atoms with Gasteiger partial charge in [-0.3, -0.25) is 9.59 Å². The fourth-order valence-corrected chi connectivity index (χ4v) is 3.90. The molecule has 1 N–H and O–H groups in total. The molecule has 2 amide bonds. The molecule has 3 rings (SSSR count). The lowest BCUT2D eigenvalue weighted by atomic mass is 9.94. The maximum Gasteiger partial charge on any atom is 0.257 e. The standard InChI is InChI=1S/C21H25ClN2O3/c1-3-14-5-6-18(22)17(4-2)19(14)23-20(25)15-7-10-24(11-8-15)21(26)16-9-12-27-13-16/h5-6,9,12-13,15H,3-4,7-8,10-11H2,1-2H3,(H,23,25). The van der Waals surface area contributed by atoms with Gasteiger partial charge < -0.3 is 14.6 Å². The second kappa shape index (κ2) is 8.61. The lowest BCUT2D eigenvalue weighted by molar-refractivity contribution is -0.121. The van der Waals surface area contributed by atoms with E-state index in [0.717, 1.165) is 29.7 Å². The Labute approximate surface area is 164 Å². The molecule has 1 aliphatic heterocycles. The molecule has 0 saturated carbocycles. The van der Waals surface area contributed by atoms with Crippen molar-refractivity contribution in [2.45, 2.75) is 39.5 Å². The SMILES string of the molecule is CCc1ccc(Cl)c(CC)c1NC(=O)C1CCN(C(=O)c2ccoc2)CC1. The normalized spacial score (nSPS) is 15.0. The highest BCUT2D eigenvalue weighted by molar-refractivity contribution is 6.32. The summed E-state index contributed by atoms with van der Waals surface area (Å²) in [5.41, 5.74) is 3.49. The fraction of sp³-hybridized carbons (Fsp3) is 0.429. The number of hydrogen-bond donors (Lipinski definition) is 1. The van der Waals surface area contributed by atoms with E-state index in [1.165, 1.54) is 12.5 Å². The van der Waals surface area contributed by atoms with Crippen molar-refractivity contribution in [2.24, 2.45) is 5.92 Å². The number of furan rings is 1. The van der Waals surface area contributed by atoms with E-state index >= 15 is 0 Å². The van der Waals surface area contributed by atoms with Crippen LogP contribution < -0.4 is 5.32 Å². The summed E-state index contributed by atoms with van der Waals surface area (Å²) in [5, 5.41) is 3.81. The maximum absolute atomic E-state index is 12.8. The molecule has 1 fully saturated rings. The van der Waals surface area contributed by atoms with E-state index in [0.29, 0.717) is 36.5 Å². The first-order valence-corrected chi connectivity index (χ1v) is 9.85. The second-order valence-electron chi connectivity index (χ2n) is 6.83. The number of benzene rings is 1. The summed E-state index contributed by atoms with van der Waals surface area (Å²) in [4.78, 5) is 27.0. The lowest BCUT2D eigenvalue weighted by Crippen LogP contribution is -2.41. The van der Waals surface area contributed by atoms with Crippen molar-refractivity contribution < 1.29 is 14.0 Å². The first kappa shape index (κ1) is 19.5. The predicted molar refractivity (Wildman–Crippen MR) is 106 cm³/mol. The number of piperidine rings is 1. The summed E-state index contributed by atoms with van der Waals surface area (Å²) in [6.45, 7) is 5.24. The Balaban J connectivity index is 1.65. The molecule has 1 aliphatic rings. The number of hydrogen-bond acceptors (Lipinski definition) is 3. The molecule has 1 saturated heterocycles. The van der Waals surface area contributed by atoms with Gasteiger partial charge in [0, 0.05) is 29.7 Å². The van der Waals surface area contributed by atoms with Crippen molar-refractivity contribution in [1.82, 2.24) is 4.90 Å². The zero-order valence-corrected chi connectivity index (χ0v) is 16.5. The van der Waals surface area contributed by atoms with Crippen LogP contribution in [0.4, 0.5) is 5.69 Å². The zero-order chi connectivity index (χ0) is 19.4. The number of carbonyl (C=O) groups is 2. The minimum atomic E-state index is -0.105. The Morgan fingerprint density at radius 2 is 1.93 bits per heavy atom. The van der Waals surface area contributed by atoms with Crippen LogP contribution in [0.1, 0.15) is 48.2 Å². The van der Waals surface area contributed by atoms with Crippen molar-refractivity contribution in [2.75, 3.05) is 18.4 Å². The van der Waals surface area contributed by atoms with Gasteiger partial charge in [-0.1, -0.05) is 31.5 Å². The van der Waals surface area contributed by atoms with Gasteiger partial charge in [-0.2, -0.15) is 0 Å². The summed E-state index contributed by atoms with van der Waals surface area (Å²) in [7, 11) is 0. The number of rotatable bonds is 5. The number of halogens is 1. The third kappa shape index (κ3) is 4.19. The molecule has 0 bridgehead atoms. The highest BCUT2D eigenvalue weighted by Crippen LogP contribution is 2.31. The molecule has 0 spiro atoms. The van der Waals surface area contributed by atoms with E-state index in [-0.39, 0.29) is 17.7 Å². The van der Waals surface area contributed by atoms with Crippen LogP contribution in [0.25, 0.3) is 0 Å². The van der Waals surface area contributed by atoms with E-state index in [1.54, 1.807) is 11.0 Å². The molecule has 2 aromatic rings. The van der Waals surface area contributed by atoms with E-state index in [9.17, 15) is 9.59 Å². The number of carbonyl (C=O) groups excluding carboxylic acids is 2. The maximum atomic E-state index is 12.8. The van der Waals surface area contributed by atoms with Crippen molar-refractivity contribution in [3.8, 4) is 0 Å². The smallest absolute Gasteiger partial charge is 0.257 e. The van der Waals surface area contributed by atoms with Gasteiger partial charge in [-0.15, -0.1) is 0 Å². The Morgan fingerprint density at radius 1 is 1.19 bits per heavy atom. The van der Waals surface area contributed by atoms with Crippen LogP contribution in [0.2, 0.25) is 5.02 Å². The molecule has 0 radical (unpaired) electrons. The molecule has 5 nitrogen and oxygen atoms in total. The summed E-state index contributed by atoms with van der Waals surface area (Å²) < 4.78 is 4.98. The minimum Gasteiger partial charge on any atom is -0.472 e. The Hall–Kier alpha value is -2.27. The largest absolute Gasteiger partial charge is 0.472 e. The van der Waals surface area contributed by atoms with Gasteiger partial charge in [0.15, 0.2) is 0 Å². The predicted octanol–water partition coefficient (Wildman–Crippen LogP) is 4.55. The van der Waals surface area contributed by atoms with Crippen molar-refractivity contribution in [1.29, 1.82) is 0 Å². The van der Waals surface area contributed by atoms with Crippen molar-refractivity contribution in [3.05, 3.63) is 52.4 Å². The van der Waals surface area contributed by atoms with Gasteiger partial charge in [0.1, 0.15) is 6.26 Å². The van der Waals surface area contributed by atoms with E-state index < -0.39 is 0 Å². The average Bonchev–Trinajstić information content (AvgIpc) is 3.23. The van der Waals surface area contributed by atoms with E-state index in [2.05, 4.69) is 12.2 Å². The molecular formula is C21H25ClN2O3. The monoisotopic (exact) mass is 388 g/mol. The number of nitrogens with zero attached hydrogens (tertiary/aromatic N) is 1. The number of nitrogens with one attached hydrogen (secondary N) is 1. The molecule has 0 atom stereocenters. The van der Waals surface area contributed by atoms with Gasteiger partial charge in [-0.25, -0.2) is 0 Å². The number of anilines is 1. The lowest BCUT2D eigenvalue weighted by Gasteiger charge is -2.31. The molecule has 144 valence electrons. The molecule has 1 aromatic heterocycles. The first-order chi connectivity index (χ1) is 13.0. The van der Waals surface area contributed by atoms with Crippen LogP contribution >= 0.6 is 11.6 Å². The van der Waals surface area contributed by atoms with E-state index in [1.807, 2.05) is 19.1 Å². The highest BCUT2D eigenvalue weighted by atomic mass is 35.5. The third-order valence-corrected chi connectivity index (χ3v) is 5.60. The fourth-order valence-electron chi connectivity index (χ4n) is 3.61. The summed E-state index contributed by atoms with van der Waals surface area (Å²) >= 11 is 6.33. The highest BCUT2D eigenvalue weighted by Gasteiger charge is 2.29. The molecule has 0 aliphatic carbocycles. The molecule has 0 unspecified atom stereocenters. The summed E-state index contributed by atoms with van der Waals surface area (Å²) in [5.74, 6) is -0.136. The van der Waals surface area contributed by atoms with Gasteiger partial charge in [0.2, 0.25) is 5.91 Å².